The van der Waals surface area contributed by atoms with Gasteiger partial charge in [-0.15, -0.1) is 0 Å². The highest BCUT2D eigenvalue weighted by Gasteiger charge is 2.19. The minimum absolute atomic E-state index is 0.421. The SMILES string of the molecule is COc1ccc(NC(=O)Nc2cc(N3CCN(Cc4ccccc4)CC3)ncn2)c(OC)c1. The average molecular weight is 449 g/mol. The number of hydrogen-bond donors (Lipinski definition) is 2. The summed E-state index contributed by atoms with van der Waals surface area (Å²) in [4.78, 5) is 25.7. The zero-order chi connectivity index (χ0) is 23.0. The molecule has 0 aliphatic carbocycles. The van der Waals surface area contributed by atoms with E-state index in [4.69, 9.17) is 9.47 Å². The van der Waals surface area contributed by atoms with Crippen molar-refractivity contribution in [3.63, 3.8) is 0 Å². The van der Waals surface area contributed by atoms with Crippen LogP contribution in [0.5, 0.6) is 11.5 Å². The van der Waals surface area contributed by atoms with Crippen molar-refractivity contribution in [2.45, 2.75) is 6.54 Å². The van der Waals surface area contributed by atoms with Crippen LogP contribution < -0.4 is 25.0 Å². The van der Waals surface area contributed by atoms with Gasteiger partial charge < -0.3 is 19.7 Å². The van der Waals surface area contributed by atoms with E-state index in [0.717, 1.165) is 38.5 Å². The molecule has 0 radical (unpaired) electrons. The number of urea groups is 1. The summed E-state index contributed by atoms with van der Waals surface area (Å²) in [6.45, 7) is 4.55. The number of hydrogen-bond acceptors (Lipinski definition) is 7. The quantitative estimate of drug-likeness (QED) is 0.572. The van der Waals surface area contributed by atoms with Crippen LogP contribution in [-0.4, -0.2) is 61.3 Å². The lowest BCUT2D eigenvalue weighted by atomic mass is 10.2. The fourth-order valence-electron chi connectivity index (χ4n) is 3.74. The predicted octanol–water partition coefficient (Wildman–Crippen LogP) is 3.46. The van der Waals surface area contributed by atoms with E-state index in [9.17, 15) is 4.79 Å². The first-order chi connectivity index (χ1) is 16.1. The second-order valence-corrected chi connectivity index (χ2v) is 7.66. The molecule has 2 heterocycles. The molecule has 9 heteroatoms. The number of carbonyl (C=O) groups excluding carboxylic acids is 1. The van der Waals surface area contributed by atoms with E-state index in [1.165, 1.54) is 19.0 Å². The lowest BCUT2D eigenvalue weighted by molar-refractivity contribution is 0.249. The largest absolute Gasteiger partial charge is 0.497 e. The molecule has 33 heavy (non-hydrogen) atoms. The molecule has 0 atom stereocenters. The lowest BCUT2D eigenvalue weighted by Gasteiger charge is -2.35. The van der Waals surface area contributed by atoms with Crippen LogP contribution >= 0.6 is 0 Å². The van der Waals surface area contributed by atoms with Crippen LogP contribution in [0.15, 0.2) is 60.9 Å². The van der Waals surface area contributed by atoms with Crippen LogP contribution in [0.3, 0.4) is 0 Å². The lowest BCUT2D eigenvalue weighted by Crippen LogP contribution is -2.46. The second-order valence-electron chi connectivity index (χ2n) is 7.66. The first kappa shape index (κ1) is 22.3. The number of amides is 2. The molecular weight excluding hydrogens is 420 g/mol. The maximum Gasteiger partial charge on any atom is 0.324 e. The van der Waals surface area contributed by atoms with Crippen LogP contribution in [0.4, 0.5) is 22.1 Å². The molecule has 1 aliphatic rings. The molecule has 2 N–H and O–H groups in total. The van der Waals surface area contributed by atoms with Gasteiger partial charge in [-0.1, -0.05) is 30.3 Å². The van der Waals surface area contributed by atoms with Crippen molar-refractivity contribution in [1.82, 2.24) is 14.9 Å². The van der Waals surface area contributed by atoms with Crippen LogP contribution in [0.25, 0.3) is 0 Å². The highest BCUT2D eigenvalue weighted by molar-refractivity contribution is 6.00. The van der Waals surface area contributed by atoms with Gasteiger partial charge in [0.05, 0.1) is 19.9 Å². The van der Waals surface area contributed by atoms with Crippen LogP contribution in [0.1, 0.15) is 5.56 Å². The van der Waals surface area contributed by atoms with E-state index < -0.39 is 6.03 Å². The highest BCUT2D eigenvalue weighted by atomic mass is 16.5. The van der Waals surface area contributed by atoms with E-state index >= 15 is 0 Å². The fourth-order valence-corrected chi connectivity index (χ4v) is 3.74. The summed E-state index contributed by atoms with van der Waals surface area (Å²) in [6, 6.07) is 17.0. The van der Waals surface area contributed by atoms with E-state index in [2.05, 4.69) is 54.7 Å². The molecule has 2 aromatic carbocycles. The van der Waals surface area contributed by atoms with Gasteiger partial charge in [0.1, 0.15) is 29.5 Å². The van der Waals surface area contributed by atoms with Crippen LogP contribution in [-0.2, 0) is 6.54 Å². The van der Waals surface area contributed by atoms with Crippen molar-refractivity contribution in [1.29, 1.82) is 0 Å². The number of piperazine rings is 1. The fraction of sp³-hybridized carbons (Fsp3) is 0.292. The van der Waals surface area contributed by atoms with Gasteiger partial charge in [0, 0.05) is 44.9 Å². The van der Waals surface area contributed by atoms with E-state index in [0.29, 0.717) is 23.0 Å². The Morgan fingerprint density at radius 3 is 2.45 bits per heavy atom. The Balaban J connectivity index is 1.33. The summed E-state index contributed by atoms with van der Waals surface area (Å²) in [5.41, 5.74) is 1.85. The summed E-state index contributed by atoms with van der Waals surface area (Å²) in [5.74, 6) is 2.36. The van der Waals surface area contributed by atoms with E-state index in [-0.39, 0.29) is 0 Å². The maximum absolute atomic E-state index is 12.5. The minimum Gasteiger partial charge on any atom is -0.497 e. The monoisotopic (exact) mass is 448 g/mol. The number of ether oxygens (including phenoxy) is 2. The molecule has 3 aromatic rings. The number of carbonyl (C=O) groups is 1. The molecule has 0 bridgehead atoms. The molecule has 2 amide bonds. The Hall–Kier alpha value is -3.85. The Kier molecular flexibility index (Phi) is 7.21. The number of rotatable bonds is 7. The molecular formula is C24H28N6O3. The number of nitrogens with one attached hydrogen (secondary N) is 2. The van der Waals surface area contributed by atoms with Gasteiger partial charge in [-0.05, 0) is 17.7 Å². The number of anilines is 3. The van der Waals surface area contributed by atoms with Gasteiger partial charge in [0.15, 0.2) is 0 Å². The first-order valence-electron chi connectivity index (χ1n) is 10.8. The topological polar surface area (TPSA) is 91.9 Å². The Labute approximate surface area is 193 Å². The maximum atomic E-state index is 12.5. The summed E-state index contributed by atoms with van der Waals surface area (Å²) in [6.07, 6.45) is 1.47. The summed E-state index contributed by atoms with van der Waals surface area (Å²) in [7, 11) is 3.11. The molecule has 172 valence electrons. The van der Waals surface area contributed by atoms with Gasteiger partial charge in [0.25, 0.3) is 0 Å². The average Bonchev–Trinajstić information content (AvgIpc) is 2.85. The molecule has 1 aliphatic heterocycles. The Morgan fingerprint density at radius 1 is 0.939 bits per heavy atom. The van der Waals surface area contributed by atoms with E-state index in [1.54, 1.807) is 31.4 Å². The van der Waals surface area contributed by atoms with Gasteiger partial charge in [0.2, 0.25) is 0 Å². The van der Waals surface area contributed by atoms with Crippen molar-refractivity contribution in [3.8, 4) is 11.5 Å². The minimum atomic E-state index is -0.421. The molecule has 1 aromatic heterocycles. The van der Waals surface area contributed by atoms with Crippen molar-refractivity contribution >= 4 is 23.4 Å². The molecule has 0 unspecified atom stereocenters. The predicted molar refractivity (Wildman–Crippen MR) is 128 cm³/mol. The third-order valence-electron chi connectivity index (χ3n) is 5.50. The molecule has 9 nitrogen and oxygen atoms in total. The van der Waals surface area contributed by atoms with Crippen molar-refractivity contribution in [3.05, 3.63) is 66.5 Å². The van der Waals surface area contributed by atoms with Gasteiger partial charge in [-0.25, -0.2) is 14.8 Å². The van der Waals surface area contributed by atoms with Crippen molar-refractivity contribution in [2.75, 3.05) is 55.9 Å². The normalized spacial score (nSPS) is 13.9. The van der Waals surface area contributed by atoms with Crippen LogP contribution in [0, 0.1) is 0 Å². The molecule has 1 saturated heterocycles. The number of nitrogens with zero attached hydrogens (tertiary/aromatic N) is 4. The molecule has 0 spiro atoms. The third kappa shape index (κ3) is 5.89. The zero-order valence-electron chi connectivity index (χ0n) is 18.8. The third-order valence-corrected chi connectivity index (χ3v) is 5.50. The summed E-state index contributed by atoms with van der Waals surface area (Å²) < 4.78 is 10.5. The van der Waals surface area contributed by atoms with E-state index in [1.807, 2.05) is 6.07 Å². The van der Waals surface area contributed by atoms with Crippen molar-refractivity contribution in [2.24, 2.45) is 0 Å². The smallest absolute Gasteiger partial charge is 0.324 e. The molecule has 0 saturated carbocycles. The molecule has 1 fully saturated rings. The molecule has 4 rings (SSSR count). The summed E-state index contributed by atoms with van der Waals surface area (Å²) in [5, 5.41) is 5.54. The highest BCUT2D eigenvalue weighted by Crippen LogP contribution is 2.29. The van der Waals surface area contributed by atoms with Gasteiger partial charge in [-0.2, -0.15) is 0 Å². The summed E-state index contributed by atoms with van der Waals surface area (Å²) >= 11 is 0. The Morgan fingerprint density at radius 2 is 1.73 bits per heavy atom. The van der Waals surface area contributed by atoms with Crippen molar-refractivity contribution < 1.29 is 14.3 Å². The standard InChI is InChI=1S/C24H28N6O3/c1-32-19-8-9-20(21(14-19)33-2)27-24(31)28-22-15-23(26-17-25-22)30-12-10-29(11-13-30)16-18-6-4-3-5-7-18/h3-9,14-15,17H,10-13,16H2,1-2H3,(H2,25,26,27,28,31). The van der Waals surface area contributed by atoms with Gasteiger partial charge >= 0.3 is 6.03 Å². The number of aromatic nitrogens is 2. The first-order valence-corrected chi connectivity index (χ1v) is 10.8. The van der Waals surface area contributed by atoms with Crippen LogP contribution in [0.2, 0.25) is 0 Å². The second kappa shape index (κ2) is 10.6. The van der Waals surface area contributed by atoms with Gasteiger partial charge in [-0.3, -0.25) is 10.2 Å². The zero-order valence-corrected chi connectivity index (χ0v) is 18.8. The number of methoxy groups -OCH3 is 2. The number of benzene rings is 2. The Bertz CT molecular complexity index is 1070.